The Morgan fingerprint density at radius 3 is 2.55 bits per heavy atom. The van der Waals surface area contributed by atoms with Crippen LogP contribution in [0, 0.1) is 0 Å². The van der Waals surface area contributed by atoms with Crippen molar-refractivity contribution in [3.8, 4) is 0 Å². The average Bonchev–Trinajstić information content (AvgIpc) is 2.76. The number of amides is 2. The number of imide groups is 1. The highest BCUT2D eigenvalue weighted by atomic mass is 79.9. The van der Waals surface area contributed by atoms with Gasteiger partial charge in [-0.15, -0.1) is 0 Å². The maximum Gasteiger partial charge on any atom is 0.256 e. The second kappa shape index (κ2) is 6.10. The highest BCUT2D eigenvalue weighted by Crippen LogP contribution is 2.27. The minimum Gasteiger partial charge on any atom is -0.373 e. The molecule has 3 rings (SSSR count). The van der Waals surface area contributed by atoms with E-state index in [9.17, 15) is 9.59 Å². The van der Waals surface area contributed by atoms with Crippen LogP contribution in [0.15, 0.2) is 53.0 Å². The summed E-state index contributed by atoms with van der Waals surface area (Å²) in [5.41, 5.74) is 1.30. The average molecular weight is 380 g/mol. The zero-order valence-electron chi connectivity index (χ0n) is 11.4. The molecular weight excluding hydrogens is 368 g/mol. The fourth-order valence-corrected chi connectivity index (χ4v) is 2.83. The van der Waals surface area contributed by atoms with Crippen LogP contribution in [-0.2, 0) is 9.59 Å². The van der Waals surface area contributed by atoms with Gasteiger partial charge in [-0.25, -0.2) is 4.90 Å². The Balaban J connectivity index is 1.81. The van der Waals surface area contributed by atoms with Gasteiger partial charge in [0.15, 0.2) is 0 Å². The summed E-state index contributed by atoms with van der Waals surface area (Å²) in [6.07, 6.45) is 0.126. The van der Waals surface area contributed by atoms with Crippen molar-refractivity contribution in [2.75, 3.05) is 10.2 Å². The third-order valence-corrected chi connectivity index (χ3v) is 4.16. The molecule has 1 aliphatic rings. The molecule has 0 bridgehead atoms. The van der Waals surface area contributed by atoms with Crippen molar-refractivity contribution < 1.29 is 9.59 Å². The molecule has 0 aromatic heterocycles. The molecule has 0 saturated carbocycles. The molecule has 0 radical (unpaired) electrons. The third-order valence-electron chi connectivity index (χ3n) is 3.40. The largest absolute Gasteiger partial charge is 0.373 e. The molecule has 1 heterocycles. The van der Waals surface area contributed by atoms with Crippen molar-refractivity contribution in [3.05, 3.63) is 58.0 Å². The summed E-state index contributed by atoms with van der Waals surface area (Å²) in [6, 6.07) is 13.6. The molecule has 1 atom stereocenters. The summed E-state index contributed by atoms with van der Waals surface area (Å²) < 4.78 is 0.951. The fraction of sp³-hybridized carbons (Fsp3) is 0.125. The van der Waals surface area contributed by atoms with Crippen molar-refractivity contribution >= 4 is 50.7 Å². The Hall–Kier alpha value is -1.85. The highest BCUT2D eigenvalue weighted by Gasteiger charge is 2.39. The molecule has 1 unspecified atom stereocenters. The lowest BCUT2D eigenvalue weighted by atomic mass is 10.2. The van der Waals surface area contributed by atoms with E-state index in [1.54, 1.807) is 24.3 Å². The van der Waals surface area contributed by atoms with Gasteiger partial charge in [-0.05, 0) is 42.5 Å². The Morgan fingerprint density at radius 1 is 1.14 bits per heavy atom. The molecular formula is C16H12BrClN2O2. The number of carbonyl (C=O) groups is 2. The summed E-state index contributed by atoms with van der Waals surface area (Å²) in [5, 5.41) is 3.59. The van der Waals surface area contributed by atoms with Gasteiger partial charge < -0.3 is 5.32 Å². The minimum absolute atomic E-state index is 0.126. The summed E-state index contributed by atoms with van der Waals surface area (Å²) in [5.74, 6) is -0.503. The number of benzene rings is 2. The Kier molecular flexibility index (Phi) is 4.18. The van der Waals surface area contributed by atoms with Crippen LogP contribution in [0.25, 0.3) is 0 Å². The summed E-state index contributed by atoms with van der Waals surface area (Å²) in [7, 11) is 0. The first-order chi connectivity index (χ1) is 10.5. The van der Waals surface area contributed by atoms with Gasteiger partial charge in [0.2, 0.25) is 5.91 Å². The second-order valence-electron chi connectivity index (χ2n) is 4.96. The maximum absolute atomic E-state index is 12.5. The lowest BCUT2D eigenvalue weighted by Crippen LogP contribution is -2.34. The Labute approximate surface area is 141 Å². The molecule has 6 heteroatoms. The number of halogens is 2. The number of rotatable bonds is 3. The topological polar surface area (TPSA) is 49.4 Å². The van der Waals surface area contributed by atoms with Crippen LogP contribution in [0.3, 0.4) is 0 Å². The molecule has 2 aromatic rings. The molecule has 2 amide bonds. The van der Waals surface area contributed by atoms with Crippen LogP contribution in [0.4, 0.5) is 11.4 Å². The van der Waals surface area contributed by atoms with Crippen LogP contribution >= 0.6 is 27.5 Å². The van der Waals surface area contributed by atoms with E-state index in [0.29, 0.717) is 10.7 Å². The number of nitrogens with one attached hydrogen (secondary N) is 1. The molecule has 22 heavy (non-hydrogen) atoms. The van der Waals surface area contributed by atoms with E-state index in [2.05, 4.69) is 21.2 Å². The van der Waals surface area contributed by atoms with E-state index in [-0.39, 0.29) is 18.2 Å². The van der Waals surface area contributed by atoms with Crippen LogP contribution in [-0.4, -0.2) is 17.9 Å². The lowest BCUT2D eigenvalue weighted by molar-refractivity contribution is -0.121. The van der Waals surface area contributed by atoms with Crippen LogP contribution < -0.4 is 10.2 Å². The molecule has 0 spiro atoms. The molecule has 4 nitrogen and oxygen atoms in total. The maximum atomic E-state index is 12.5. The van der Waals surface area contributed by atoms with E-state index in [0.717, 1.165) is 10.2 Å². The number of anilines is 2. The molecule has 1 N–H and O–H groups in total. The van der Waals surface area contributed by atoms with Crippen LogP contribution in [0.2, 0.25) is 5.02 Å². The van der Waals surface area contributed by atoms with Gasteiger partial charge in [0.1, 0.15) is 6.04 Å². The highest BCUT2D eigenvalue weighted by molar-refractivity contribution is 9.10. The van der Waals surface area contributed by atoms with E-state index < -0.39 is 6.04 Å². The monoisotopic (exact) mass is 378 g/mol. The predicted molar refractivity (Wildman–Crippen MR) is 90.1 cm³/mol. The van der Waals surface area contributed by atoms with Crippen LogP contribution in [0.1, 0.15) is 6.42 Å². The molecule has 1 saturated heterocycles. The zero-order valence-corrected chi connectivity index (χ0v) is 13.8. The summed E-state index contributed by atoms with van der Waals surface area (Å²) >= 11 is 9.29. The van der Waals surface area contributed by atoms with Gasteiger partial charge in [-0.1, -0.05) is 33.6 Å². The first-order valence-corrected chi connectivity index (χ1v) is 7.86. The first-order valence-electron chi connectivity index (χ1n) is 6.69. The van der Waals surface area contributed by atoms with Gasteiger partial charge in [0, 0.05) is 15.2 Å². The van der Waals surface area contributed by atoms with E-state index in [4.69, 9.17) is 11.6 Å². The SMILES string of the molecule is O=C1CC(Nc2ccc(Br)cc2)C(=O)N1c1cccc(Cl)c1. The Bertz CT molecular complexity index is 733. The molecule has 1 fully saturated rings. The predicted octanol–water partition coefficient (Wildman–Crippen LogP) is 3.85. The fourth-order valence-electron chi connectivity index (χ4n) is 2.38. The van der Waals surface area contributed by atoms with Gasteiger partial charge in [0.05, 0.1) is 12.1 Å². The molecule has 0 aliphatic carbocycles. The van der Waals surface area contributed by atoms with Crippen molar-refractivity contribution in [2.24, 2.45) is 0 Å². The van der Waals surface area contributed by atoms with Crippen LogP contribution in [0.5, 0.6) is 0 Å². The molecule has 1 aliphatic heterocycles. The van der Waals surface area contributed by atoms with E-state index in [1.165, 1.54) is 4.90 Å². The number of hydrogen-bond acceptors (Lipinski definition) is 3. The minimum atomic E-state index is -0.562. The van der Waals surface area contributed by atoms with E-state index in [1.807, 2.05) is 24.3 Å². The Morgan fingerprint density at radius 2 is 1.86 bits per heavy atom. The van der Waals surface area contributed by atoms with Crippen molar-refractivity contribution in [1.29, 1.82) is 0 Å². The smallest absolute Gasteiger partial charge is 0.256 e. The molecule has 112 valence electrons. The van der Waals surface area contributed by atoms with Gasteiger partial charge in [0.25, 0.3) is 5.91 Å². The zero-order chi connectivity index (χ0) is 15.7. The third kappa shape index (κ3) is 3.00. The number of nitrogens with zero attached hydrogens (tertiary/aromatic N) is 1. The van der Waals surface area contributed by atoms with Crippen molar-refractivity contribution in [1.82, 2.24) is 0 Å². The van der Waals surface area contributed by atoms with E-state index >= 15 is 0 Å². The number of carbonyl (C=O) groups excluding carboxylic acids is 2. The quantitative estimate of drug-likeness (QED) is 0.824. The molecule has 2 aromatic carbocycles. The van der Waals surface area contributed by atoms with Crippen molar-refractivity contribution in [2.45, 2.75) is 12.5 Å². The lowest BCUT2D eigenvalue weighted by Gasteiger charge is -2.16. The summed E-state index contributed by atoms with van der Waals surface area (Å²) in [6.45, 7) is 0. The number of hydrogen-bond donors (Lipinski definition) is 1. The summed E-state index contributed by atoms with van der Waals surface area (Å²) in [4.78, 5) is 25.8. The first kappa shape index (κ1) is 15.1. The standard InChI is InChI=1S/C16H12BrClN2O2/c17-10-4-6-12(7-5-10)19-14-9-15(21)20(16(14)22)13-3-1-2-11(18)8-13/h1-8,14,19H,9H2. The van der Waals surface area contributed by atoms with Gasteiger partial charge in [-0.3, -0.25) is 9.59 Å². The van der Waals surface area contributed by atoms with Gasteiger partial charge in [-0.2, -0.15) is 0 Å². The normalized spacial score (nSPS) is 17.9. The second-order valence-corrected chi connectivity index (χ2v) is 6.31. The van der Waals surface area contributed by atoms with Crippen molar-refractivity contribution in [3.63, 3.8) is 0 Å². The van der Waals surface area contributed by atoms with Gasteiger partial charge >= 0.3 is 0 Å².